The average Bonchev–Trinajstić information content (AvgIpc) is 3.20. The second kappa shape index (κ2) is 15.2. The molecule has 2 aromatic carbocycles. The molecule has 0 spiro atoms. The monoisotopic (exact) mass is 629 g/mol. The smallest absolute Gasteiger partial charge is 0.418 e. The minimum absolute atomic E-state index is 0. The van der Waals surface area contributed by atoms with Crippen molar-refractivity contribution in [2.24, 2.45) is 0 Å². The van der Waals surface area contributed by atoms with Gasteiger partial charge in [0.15, 0.2) is 0 Å². The molecule has 0 atom stereocenters. The fourth-order valence-corrected chi connectivity index (χ4v) is 4.58. The van der Waals surface area contributed by atoms with Gasteiger partial charge in [-0.2, -0.15) is 0 Å². The summed E-state index contributed by atoms with van der Waals surface area (Å²) in [7, 11) is -6.00. The van der Waals surface area contributed by atoms with Crippen LogP contribution in [0.3, 0.4) is 0 Å². The quantitative estimate of drug-likeness (QED) is 0.213. The summed E-state index contributed by atoms with van der Waals surface area (Å²) < 4.78 is 39.0. The molecule has 0 amide bonds. The van der Waals surface area contributed by atoms with Crippen LogP contribution in [-0.2, 0) is 27.0 Å². The van der Waals surface area contributed by atoms with E-state index in [1.165, 1.54) is 51.1 Å². The molecular formula is C30H34BF4N3Pd+. The largest absolute Gasteiger partial charge is 2.00 e. The van der Waals surface area contributed by atoms with Crippen LogP contribution < -0.4 is 4.90 Å². The number of halogens is 4. The zero-order valence-electron chi connectivity index (χ0n) is 23.1. The van der Waals surface area contributed by atoms with Gasteiger partial charge in [0.25, 0.3) is 0 Å². The van der Waals surface area contributed by atoms with E-state index in [9.17, 15) is 17.3 Å². The van der Waals surface area contributed by atoms with Crippen LogP contribution in [0.2, 0.25) is 0 Å². The normalized spacial score (nSPS) is 12.3. The first-order valence-corrected chi connectivity index (χ1v) is 12.1. The van der Waals surface area contributed by atoms with Crippen molar-refractivity contribution in [3.8, 4) is 11.3 Å². The summed E-state index contributed by atoms with van der Waals surface area (Å²) in [5.41, 5.74) is 12.1. The number of anilines is 1. The van der Waals surface area contributed by atoms with Gasteiger partial charge in [-0.1, -0.05) is 41.5 Å². The minimum Gasteiger partial charge on any atom is -0.418 e. The Hall–Kier alpha value is -2.62. The van der Waals surface area contributed by atoms with Gasteiger partial charge in [-0.3, -0.25) is 4.98 Å². The first kappa shape index (κ1) is 34.4. The fourth-order valence-electron chi connectivity index (χ4n) is 4.58. The standard InChI is InChI=1S/C27H29N3.C3H5.BF4.Pd/c1-18-12-20(3)26(21(4)13-18)25-9-7-8-24(28-25)16-29-10-11-30(17-29)27-22(5)14-19(2)15-23(27)6;1-3-2;2-1(3,4)5;/h7-15H,16H2,1-6H3;3H,1-2H2;;/q;;-1;+2. The first-order valence-electron chi connectivity index (χ1n) is 12.1. The maximum absolute atomic E-state index is 9.75. The molecule has 0 N–H and O–H groups in total. The summed E-state index contributed by atoms with van der Waals surface area (Å²) in [6.07, 6.45) is 5.64. The van der Waals surface area contributed by atoms with E-state index in [4.69, 9.17) is 4.98 Å². The van der Waals surface area contributed by atoms with E-state index >= 15 is 0 Å². The van der Waals surface area contributed by atoms with Crippen molar-refractivity contribution >= 4 is 12.9 Å². The second-order valence-corrected chi connectivity index (χ2v) is 9.21. The first-order chi connectivity index (χ1) is 17.7. The number of aryl methyl sites for hydroxylation is 6. The topological polar surface area (TPSA) is 19.4 Å². The molecule has 3 aromatic rings. The number of hydrogen-bond acceptors (Lipinski definition) is 3. The summed E-state index contributed by atoms with van der Waals surface area (Å²) in [6, 6.07) is 15.2. The van der Waals surface area contributed by atoms with E-state index in [-0.39, 0.29) is 20.4 Å². The van der Waals surface area contributed by atoms with Crippen molar-refractivity contribution in [3.63, 3.8) is 0 Å². The third-order valence-electron chi connectivity index (χ3n) is 5.58. The van der Waals surface area contributed by atoms with Gasteiger partial charge in [-0.25, -0.2) is 0 Å². The maximum atomic E-state index is 9.75. The van der Waals surface area contributed by atoms with Gasteiger partial charge in [0, 0.05) is 23.7 Å². The molecule has 0 fully saturated rings. The third kappa shape index (κ3) is 10.8. The summed E-state index contributed by atoms with van der Waals surface area (Å²) in [4.78, 5) is 9.12. The molecule has 0 unspecified atom stereocenters. The van der Waals surface area contributed by atoms with Gasteiger partial charge in [0.2, 0.25) is 6.67 Å². The number of aromatic nitrogens is 1. The molecule has 209 valence electrons. The van der Waals surface area contributed by atoms with Crippen LogP contribution in [0.15, 0.2) is 54.9 Å². The van der Waals surface area contributed by atoms with Crippen LogP contribution in [0.1, 0.15) is 39.1 Å². The Morgan fingerprint density at radius 3 is 1.77 bits per heavy atom. The molecule has 39 heavy (non-hydrogen) atoms. The molecule has 1 aliphatic heterocycles. The maximum Gasteiger partial charge on any atom is 2.00 e. The molecule has 0 saturated carbocycles. The van der Waals surface area contributed by atoms with Crippen LogP contribution in [0.25, 0.3) is 11.3 Å². The molecule has 0 aliphatic carbocycles. The van der Waals surface area contributed by atoms with Crippen molar-refractivity contribution < 1.29 is 37.7 Å². The summed E-state index contributed by atoms with van der Waals surface area (Å²) in [5.74, 6) is 0. The van der Waals surface area contributed by atoms with E-state index in [2.05, 4.69) is 127 Å². The van der Waals surface area contributed by atoms with E-state index in [0.29, 0.717) is 6.54 Å². The summed E-state index contributed by atoms with van der Waals surface area (Å²) >= 11 is 0. The zero-order chi connectivity index (χ0) is 28.6. The Labute approximate surface area is 245 Å². The number of hydrogen-bond donors (Lipinski definition) is 0. The SMILES string of the molecule is Cc1cc(C)c(-c2cccc(CN3[C]N(c4c(C)cc(C)cc4C)C=C3)n2)c(C)c1.F[B-](F)(F)F.[CH2][CH][CH2].[Pd+2]. The molecule has 5 radical (unpaired) electrons. The Morgan fingerprint density at radius 1 is 0.821 bits per heavy atom. The Bertz CT molecular complexity index is 1210. The second-order valence-electron chi connectivity index (χ2n) is 9.21. The fraction of sp³-hybridized carbons (Fsp3) is 0.233. The van der Waals surface area contributed by atoms with E-state index < -0.39 is 7.25 Å². The Balaban J connectivity index is 0.000000749. The van der Waals surface area contributed by atoms with Crippen LogP contribution in [0.4, 0.5) is 23.0 Å². The molecule has 9 heteroatoms. The summed E-state index contributed by atoms with van der Waals surface area (Å²) in [5, 5.41) is 0. The van der Waals surface area contributed by atoms with Crippen LogP contribution in [0.5, 0.6) is 0 Å². The number of nitrogens with zero attached hydrogens (tertiary/aromatic N) is 3. The predicted octanol–water partition coefficient (Wildman–Crippen LogP) is 8.55. The van der Waals surface area contributed by atoms with E-state index in [0.717, 1.165) is 11.4 Å². The molecule has 0 bridgehead atoms. The number of pyridine rings is 1. The van der Waals surface area contributed by atoms with Crippen molar-refractivity contribution in [1.29, 1.82) is 0 Å². The van der Waals surface area contributed by atoms with E-state index in [1.807, 2.05) is 0 Å². The number of benzene rings is 2. The Morgan fingerprint density at radius 2 is 1.28 bits per heavy atom. The van der Waals surface area contributed by atoms with Crippen molar-refractivity contribution in [1.82, 2.24) is 9.88 Å². The van der Waals surface area contributed by atoms with Crippen LogP contribution in [0, 0.1) is 68.5 Å². The van der Waals surface area contributed by atoms with Crippen molar-refractivity contribution in [2.45, 2.75) is 48.1 Å². The molecule has 4 rings (SSSR count). The van der Waals surface area contributed by atoms with Gasteiger partial charge < -0.3 is 27.1 Å². The van der Waals surface area contributed by atoms with Crippen LogP contribution >= 0.6 is 0 Å². The van der Waals surface area contributed by atoms with E-state index in [1.54, 1.807) is 0 Å². The average molecular weight is 630 g/mol. The minimum atomic E-state index is -6.00. The molecule has 1 aromatic heterocycles. The Kier molecular flexibility index (Phi) is 13.4. The molecule has 2 heterocycles. The molecule has 0 saturated heterocycles. The van der Waals surface area contributed by atoms with Gasteiger partial charge >= 0.3 is 27.7 Å². The number of rotatable bonds is 4. The van der Waals surface area contributed by atoms with Gasteiger partial charge in [-0.05, 0) is 96.2 Å². The predicted molar refractivity (Wildman–Crippen MR) is 150 cm³/mol. The molecular weight excluding hydrogens is 596 g/mol. The van der Waals surface area contributed by atoms with Crippen molar-refractivity contribution in [3.05, 3.63) is 121 Å². The van der Waals surface area contributed by atoms with Gasteiger partial charge in [0.1, 0.15) is 0 Å². The third-order valence-corrected chi connectivity index (χ3v) is 5.58. The summed E-state index contributed by atoms with van der Waals surface area (Å²) in [6.45, 7) is 23.6. The van der Waals surface area contributed by atoms with Gasteiger partial charge in [-0.15, -0.1) is 0 Å². The van der Waals surface area contributed by atoms with Crippen molar-refractivity contribution in [2.75, 3.05) is 4.90 Å². The zero-order valence-corrected chi connectivity index (χ0v) is 24.7. The van der Waals surface area contributed by atoms with Crippen LogP contribution in [-0.4, -0.2) is 17.1 Å². The van der Waals surface area contributed by atoms with Gasteiger partial charge in [0.05, 0.1) is 17.9 Å². The molecule has 1 aliphatic rings. The molecule has 3 nitrogen and oxygen atoms in total.